The Morgan fingerprint density at radius 2 is 1.73 bits per heavy atom. The highest BCUT2D eigenvalue weighted by molar-refractivity contribution is 7.07. The second-order valence-corrected chi connectivity index (χ2v) is 8.64. The molecule has 2 aromatic rings. The average molecular weight is 558 g/mol. The van der Waals surface area contributed by atoms with Crippen LogP contribution in [0.15, 0.2) is 41.2 Å². The van der Waals surface area contributed by atoms with Gasteiger partial charge in [0.25, 0.3) is 0 Å². The first-order valence-electron chi connectivity index (χ1n) is 10.8. The molecule has 0 aromatic carbocycles. The molecule has 1 saturated heterocycles. The molecule has 3 atom stereocenters. The van der Waals surface area contributed by atoms with Crippen molar-refractivity contribution in [3.63, 3.8) is 0 Å². The predicted octanol–water partition coefficient (Wildman–Crippen LogP) is 4.36. The number of halogens is 6. The fourth-order valence-electron chi connectivity index (χ4n) is 3.66. The molecule has 0 unspecified atom stereocenters. The van der Waals surface area contributed by atoms with Crippen molar-refractivity contribution >= 4 is 23.3 Å². The number of carbonyl (C=O) groups is 2. The van der Waals surface area contributed by atoms with Gasteiger partial charge in [0.15, 0.2) is 0 Å². The molecule has 0 amide bonds. The van der Waals surface area contributed by atoms with Crippen LogP contribution >= 0.6 is 11.3 Å². The third kappa shape index (κ3) is 10.3. The SMILES string of the molecule is O=C(O)C(F)(F)F.O=C(O)C(F)(F)F.c1ccc(CO[C@@H]2CC[C@H]3[C@H]2OCCN3Cc2ccsc2)nc1. The van der Waals surface area contributed by atoms with E-state index < -0.39 is 24.3 Å². The summed E-state index contributed by atoms with van der Waals surface area (Å²) in [6.45, 7) is 3.42. The molecule has 2 aliphatic rings. The lowest BCUT2D eigenvalue weighted by atomic mass is 10.1. The molecule has 8 nitrogen and oxygen atoms in total. The lowest BCUT2D eigenvalue weighted by Gasteiger charge is -2.39. The van der Waals surface area contributed by atoms with Crippen LogP contribution in [0.2, 0.25) is 0 Å². The maximum absolute atomic E-state index is 10.6. The van der Waals surface area contributed by atoms with E-state index in [9.17, 15) is 26.3 Å². The molecule has 2 N–H and O–H groups in total. The van der Waals surface area contributed by atoms with Crippen LogP contribution in [0.5, 0.6) is 0 Å². The number of morpholine rings is 1. The number of aromatic nitrogens is 1. The number of pyridine rings is 1. The summed E-state index contributed by atoms with van der Waals surface area (Å²) in [5.74, 6) is -5.51. The third-order valence-electron chi connectivity index (χ3n) is 5.27. The summed E-state index contributed by atoms with van der Waals surface area (Å²) in [5.41, 5.74) is 2.40. The van der Waals surface area contributed by atoms with Crippen molar-refractivity contribution in [2.75, 3.05) is 13.2 Å². The highest BCUT2D eigenvalue weighted by Crippen LogP contribution is 2.33. The molecule has 2 aromatic heterocycles. The largest absolute Gasteiger partial charge is 0.490 e. The molecule has 0 bridgehead atoms. The van der Waals surface area contributed by atoms with Gasteiger partial charge in [-0.25, -0.2) is 9.59 Å². The van der Waals surface area contributed by atoms with E-state index in [1.807, 2.05) is 24.4 Å². The van der Waals surface area contributed by atoms with E-state index in [1.165, 1.54) is 5.56 Å². The molecule has 1 aliphatic carbocycles. The average Bonchev–Trinajstić information content (AvgIpc) is 3.48. The van der Waals surface area contributed by atoms with E-state index >= 15 is 0 Å². The Morgan fingerprint density at radius 1 is 1.08 bits per heavy atom. The topological polar surface area (TPSA) is 109 Å². The van der Waals surface area contributed by atoms with E-state index in [4.69, 9.17) is 29.3 Å². The molecular weight excluding hydrogens is 534 g/mol. The Kier molecular flexibility index (Phi) is 11.3. The van der Waals surface area contributed by atoms with Crippen molar-refractivity contribution in [1.29, 1.82) is 0 Å². The molecule has 1 saturated carbocycles. The predicted molar refractivity (Wildman–Crippen MR) is 118 cm³/mol. The number of nitrogens with zero attached hydrogens (tertiary/aromatic N) is 2. The quantitative estimate of drug-likeness (QED) is 0.522. The first-order valence-corrected chi connectivity index (χ1v) is 11.7. The van der Waals surface area contributed by atoms with Crippen molar-refractivity contribution in [3.8, 4) is 0 Å². The number of fused-ring (bicyclic) bond motifs is 1. The van der Waals surface area contributed by atoms with Crippen LogP contribution < -0.4 is 0 Å². The summed E-state index contributed by atoms with van der Waals surface area (Å²) in [7, 11) is 0. The van der Waals surface area contributed by atoms with Crippen LogP contribution in [0.1, 0.15) is 24.1 Å². The zero-order valence-corrected chi connectivity index (χ0v) is 19.9. The maximum atomic E-state index is 10.6. The van der Waals surface area contributed by atoms with Gasteiger partial charge >= 0.3 is 24.3 Å². The standard InChI is InChI=1S/C18H22N2O2S.2C2HF3O2/c1-2-7-19-15(3-1)12-22-17-5-4-16-18(17)21-9-8-20(16)11-14-6-10-23-13-14;2*3-2(4,5)1(6)7/h1-3,6-7,10,13,16-18H,4-5,8-9,11-12H2;2*(H,6,7)/t16-,17+,18+;;/m0../s1. The van der Waals surface area contributed by atoms with Gasteiger partial charge < -0.3 is 19.7 Å². The van der Waals surface area contributed by atoms with Gasteiger partial charge in [-0.1, -0.05) is 6.07 Å². The highest BCUT2D eigenvalue weighted by atomic mass is 32.1. The Bertz CT molecular complexity index is 950. The van der Waals surface area contributed by atoms with E-state index in [0.717, 1.165) is 38.2 Å². The lowest BCUT2D eigenvalue weighted by molar-refractivity contribution is -0.193. The molecule has 15 heteroatoms. The van der Waals surface area contributed by atoms with Crippen molar-refractivity contribution in [3.05, 3.63) is 52.5 Å². The number of ether oxygens (including phenoxy) is 2. The van der Waals surface area contributed by atoms with Gasteiger partial charge in [0.1, 0.15) is 0 Å². The van der Waals surface area contributed by atoms with Crippen LogP contribution in [-0.2, 0) is 32.2 Å². The van der Waals surface area contributed by atoms with Gasteiger partial charge in [-0.15, -0.1) is 0 Å². The van der Waals surface area contributed by atoms with Gasteiger partial charge in [0.05, 0.1) is 31.1 Å². The fraction of sp³-hybridized carbons (Fsp3) is 0.500. The Hall–Kier alpha value is -2.75. The second kappa shape index (κ2) is 13.7. The van der Waals surface area contributed by atoms with Gasteiger partial charge in [0, 0.05) is 25.3 Å². The zero-order chi connectivity index (χ0) is 27.6. The summed E-state index contributed by atoms with van der Waals surface area (Å²) in [4.78, 5) is 24.7. The monoisotopic (exact) mass is 558 g/mol. The fourth-order valence-corrected chi connectivity index (χ4v) is 4.32. The summed E-state index contributed by atoms with van der Waals surface area (Å²) in [6.07, 6.45) is -5.74. The van der Waals surface area contributed by atoms with E-state index in [2.05, 4.69) is 26.7 Å². The molecule has 206 valence electrons. The van der Waals surface area contributed by atoms with Gasteiger partial charge in [0.2, 0.25) is 0 Å². The molecule has 3 heterocycles. The first kappa shape index (κ1) is 30.5. The molecule has 37 heavy (non-hydrogen) atoms. The van der Waals surface area contributed by atoms with Crippen molar-refractivity contribution < 1.29 is 55.6 Å². The number of hydrogen-bond donors (Lipinski definition) is 2. The maximum Gasteiger partial charge on any atom is 0.490 e. The van der Waals surface area contributed by atoms with Crippen molar-refractivity contribution in [1.82, 2.24) is 9.88 Å². The number of aliphatic carboxylic acids is 2. The summed E-state index contributed by atoms with van der Waals surface area (Å²) >= 11 is 1.77. The van der Waals surface area contributed by atoms with Crippen LogP contribution in [0.25, 0.3) is 0 Å². The normalized spacial score (nSPS) is 21.6. The van der Waals surface area contributed by atoms with Gasteiger partial charge in [-0.05, 0) is 47.4 Å². The summed E-state index contributed by atoms with van der Waals surface area (Å²) < 4.78 is 75.7. The number of carboxylic acids is 2. The first-order chi connectivity index (χ1) is 17.3. The molecular formula is C22H24F6N2O6S. The Labute approximate surface area is 211 Å². The van der Waals surface area contributed by atoms with E-state index in [0.29, 0.717) is 12.6 Å². The summed E-state index contributed by atoms with van der Waals surface area (Å²) in [6, 6.07) is 8.65. The number of rotatable bonds is 5. The minimum atomic E-state index is -5.08. The van der Waals surface area contributed by atoms with E-state index in [1.54, 1.807) is 11.3 Å². The second-order valence-electron chi connectivity index (χ2n) is 7.86. The smallest absolute Gasteiger partial charge is 0.475 e. The molecule has 0 radical (unpaired) electrons. The number of alkyl halides is 6. The van der Waals surface area contributed by atoms with Crippen LogP contribution in [0.3, 0.4) is 0 Å². The van der Waals surface area contributed by atoms with E-state index in [-0.39, 0.29) is 12.2 Å². The van der Waals surface area contributed by atoms with Crippen molar-refractivity contribution in [2.45, 2.75) is 56.6 Å². The Balaban J connectivity index is 0.000000286. The number of hydrogen-bond acceptors (Lipinski definition) is 7. The third-order valence-corrected chi connectivity index (χ3v) is 6.00. The van der Waals surface area contributed by atoms with Crippen LogP contribution in [-0.4, -0.2) is 75.8 Å². The van der Waals surface area contributed by atoms with Crippen molar-refractivity contribution in [2.24, 2.45) is 0 Å². The number of carboxylic acid groups (broad SMARTS) is 2. The molecule has 0 spiro atoms. The Morgan fingerprint density at radius 3 is 2.24 bits per heavy atom. The van der Waals surface area contributed by atoms with Crippen LogP contribution in [0, 0.1) is 0 Å². The summed E-state index contributed by atoms with van der Waals surface area (Å²) in [5, 5.41) is 18.6. The molecule has 2 fully saturated rings. The zero-order valence-electron chi connectivity index (χ0n) is 19.1. The molecule has 1 aliphatic heterocycles. The molecule has 4 rings (SSSR count). The number of thiophene rings is 1. The van der Waals surface area contributed by atoms with Gasteiger partial charge in [-0.3, -0.25) is 9.88 Å². The highest BCUT2D eigenvalue weighted by Gasteiger charge is 2.43. The lowest BCUT2D eigenvalue weighted by Crippen LogP contribution is -2.51. The minimum Gasteiger partial charge on any atom is -0.475 e. The van der Waals surface area contributed by atoms with Gasteiger partial charge in [-0.2, -0.15) is 37.7 Å². The van der Waals surface area contributed by atoms with Crippen LogP contribution in [0.4, 0.5) is 26.3 Å². The minimum absolute atomic E-state index is 0.187.